The molecule has 1 rings (SSSR count). The van der Waals surface area contributed by atoms with Gasteiger partial charge in [0.25, 0.3) is 0 Å². The molecular weight excluding hydrogens is 264 g/mol. The van der Waals surface area contributed by atoms with Gasteiger partial charge in [0.15, 0.2) is 0 Å². The van der Waals surface area contributed by atoms with Crippen molar-refractivity contribution in [3.8, 4) is 0 Å². The lowest BCUT2D eigenvalue weighted by Crippen LogP contribution is -2.48. The van der Waals surface area contributed by atoms with E-state index in [1.807, 2.05) is 0 Å². The average molecular weight is 300 g/mol. The molecule has 0 aromatic carbocycles. The first-order valence-corrected chi connectivity index (χ1v) is 8.48. The SMILES string of the molecule is COCCN(CC1(CNC(C)C)CCCC1)C(C)COC. The zero-order valence-electron chi connectivity index (χ0n) is 14.8. The van der Waals surface area contributed by atoms with Crippen LogP contribution in [0.25, 0.3) is 0 Å². The third-order valence-corrected chi connectivity index (χ3v) is 4.70. The Balaban J connectivity index is 2.65. The number of rotatable bonds is 11. The Hall–Kier alpha value is -0.160. The Morgan fingerprint density at radius 2 is 1.76 bits per heavy atom. The van der Waals surface area contributed by atoms with E-state index < -0.39 is 0 Å². The third kappa shape index (κ3) is 6.64. The highest BCUT2D eigenvalue weighted by Crippen LogP contribution is 2.38. The number of hydrogen-bond acceptors (Lipinski definition) is 4. The van der Waals surface area contributed by atoms with Gasteiger partial charge in [0.2, 0.25) is 0 Å². The smallest absolute Gasteiger partial charge is 0.0615 e. The molecule has 1 aliphatic rings. The minimum atomic E-state index is 0.431. The second kappa shape index (κ2) is 9.78. The van der Waals surface area contributed by atoms with Crippen LogP contribution in [0.4, 0.5) is 0 Å². The van der Waals surface area contributed by atoms with Crippen LogP contribution in [-0.2, 0) is 9.47 Å². The normalized spacial score (nSPS) is 19.6. The van der Waals surface area contributed by atoms with Crippen LogP contribution in [-0.4, -0.2) is 64.1 Å². The summed E-state index contributed by atoms with van der Waals surface area (Å²) in [6.45, 7) is 11.6. The topological polar surface area (TPSA) is 33.7 Å². The third-order valence-electron chi connectivity index (χ3n) is 4.70. The highest BCUT2D eigenvalue weighted by Gasteiger charge is 2.36. The fourth-order valence-electron chi connectivity index (χ4n) is 3.38. The van der Waals surface area contributed by atoms with Crippen LogP contribution in [0.5, 0.6) is 0 Å². The van der Waals surface area contributed by atoms with Crippen LogP contribution in [0.15, 0.2) is 0 Å². The van der Waals surface area contributed by atoms with Crippen molar-refractivity contribution in [1.82, 2.24) is 10.2 Å². The van der Waals surface area contributed by atoms with E-state index in [1.165, 1.54) is 25.7 Å². The summed E-state index contributed by atoms with van der Waals surface area (Å²) in [6, 6.07) is 1.01. The second-order valence-corrected chi connectivity index (χ2v) is 7.01. The van der Waals surface area contributed by atoms with Gasteiger partial charge < -0.3 is 14.8 Å². The highest BCUT2D eigenvalue weighted by molar-refractivity contribution is 4.91. The molecule has 0 radical (unpaired) electrons. The molecule has 0 heterocycles. The second-order valence-electron chi connectivity index (χ2n) is 7.01. The van der Waals surface area contributed by atoms with Gasteiger partial charge in [0.05, 0.1) is 13.2 Å². The number of ether oxygens (including phenoxy) is 2. The summed E-state index contributed by atoms with van der Waals surface area (Å²) >= 11 is 0. The fourth-order valence-corrected chi connectivity index (χ4v) is 3.38. The zero-order valence-corrected chi connectivity index (χ0v) is 14.8. The average Bonchev–Trinajstić information content (AvgIpc) is 2.90. The Labute approximate surface area is 131 Å². The predicted molar refractivity (Wildman–Crippen MR) is 88.8 cm³/mol. The predicted octanol–water partition coefficient (Wildman–Crippen LogP) is 2.53. The van der Waals surface area contributed by atoms with E-state index in [2.05, 4.69) is 31.0 Å². The van der Waals surface area contributed by atoms with Gasteiger partial charge in [0.1, 0.15) is 0 Å². The summed E-state index contributed by atoms with van der Waals surface area (Å²) in [5.74, 6) is 0. The molecule has 0 aromatic rings. The molecule has 1 saturated carbocycles. The summed E-state index contributed by atoms with van der Waals surface area (Å²) < 4.78 is 10.7. The van der Waals surface area contributed by atoms with Crippen LogP contribution in [0.2, 0.25) is 0 Å². The molecule has 0 bridgehead atoms. The zero-order chi connectivity index (χ0) is 15.7. The maximum absolute atomic E-state index is 5.36. The molecule has 0 aliphatic heterocycles. The van der Waals surface area contributed by atoms with E-state index in [0.29, 0.717) is 17.5 Å². The van der Waals surface area contributed by atoms with Gasteiger partial charge in [-0.2, -0.15) is 0 Å². The van der Waals surface area contributed by atoms with Gasteiger partial charge in [-0.15, -0.1) is 0 Å². The van der Waals surface area contributed by atoms with Crippen molar-refractivity contribution in [2.24, 2.45) is 5.41 Å². The van der Waals surface area contributed by atoms with Crippen LogP contribution >= 0.6 is 0 Å². The summed E-state index contributed by atoms with van der Waals surface area (Å²) in [5, 5.41) is 3.67. The van der Waals surface area contributed by atoms with Gasteiger partial charge in [-0.05, 0) is 25.2 Å². The molecule has 1 fully saturated rings. The Bertz CT molecular complexity index is 266. The lowest BCUT2D eigenvalue weighted by molar-refractivity contribution is 0.0433. The monoisotopic (exact) mass is 300 g/mol. The first-order chi connectivity index (χ1) is 10.0. The van der Waals surface area contributed by atoms with Gasteiger partial charge in [-0.1, -0.05) is 26.7 Å². The number of hydrogen-bond donors (Lipinski definition) is 1. The molecule has 4 heteroatoms. The van der Waals surface area contributed by atoms with Crippen molar-refractivity contribution < 1.29 is 9.47 Å². The minimum Gasteiger partial charge on any atom is -0.383 e. The van der Waals surface area contributed by atoms with E-state index in [1.54, 1.807) is 14.2 Å². The summed E-state index contributed by atoms with van der Waals surface area (Å²) in [4.78, 5) is 2.56. The molecule has 126 valence electrons. The first-order valence-electron chi connectivity index (χ1n) is 8.48. The van der Waals surface area contributed by atoms with Gasteiger partial charge in [-0.3, -0.25) is 4.90 Å². The standard InChI is InChI=1S/C17H36N2O2/c1-15(2)18-13-17(8-6-7-9-17)14-19(10-11-20-4)16(3)12-21-5/h15-16,18H,6-14H2,1-5H3. The highest BCUT2D eigenvalue weighted by atomic mass is 16.5. The van der Waals surface area contributed by atoms with Crippen molar-refractivity contribution in [2.45, 2.75) is 58.5 Å². The number of methoxy groups -OCH3 is 2. The van der Waals surface area contributed by atoms with Crippen molar-refractivity contribution in [3.63, 3.8) is 0 Å². The van der Waals surface area contributed by atoms with Crippen molar-refractivity contribution in [3.05, 3.63) is 0 Å². The Kier molecular flexibility index (Phi) is 8.79. The lowest BCUT2D eigenvalue weighted by Gasteiger charge is -2.39. The van der Waals surface area contributed by atoms with Crippen molar-refractivity contribution >= 4 is 0 Å². The molecule has 21 heavy (non-hydrogen) atoms. The van der Waals surface area contributed by atoms with Gasteiger partial charge in [0, 0.05) is 45.9 Å². The van der Waals surface area contributed by atoms with E-state index in [0.717, 1.165) is 32.8 Å². The summed E-state index contributed by atoms with van der Waals surface area (Å²) in [6.07, 6.45) is 5.43. The molecule has 0 amide bonds. The molecular formula is C17H36N2O2. The summed E-state index contributed by atoms with van der Waals surface area (Å²) in [5.41, 5.74) is 0.431. The maximum atomic E-state index is 5.36. The van der Waals surface area contributed by atoms with Crippen molar-refractivity contribution in [1.29, 1.82) is 0 Å². The molecule has 0 spiro atoms. The molecule has 0 saturated heterocycles. The largest absolute Gasteiger partial charge is 0.383 e. The first kappa shape index (κ1) is 18.9. The lowest BCUT2D eigenvalue weighted by atomic mass is 9.84. The van der Waals surface area contributed by atoms with E-state index in [-0.39, 0.29) is 0 Å². The van der Waals surface area contributed by atoms with E-state index in [4.69, 9.17) is 9.47 Å². The number of nitrogens with zero attached hydrogens (tertiary/aromatic N) is 1. The van der Waals surface area contributed by atoms with Gasteiger partial charge in [-0.25, -0.2) is 0 Å². The van der Waals surface area contributed by atoms with Crippen LogP contribution in [0, 0.1) is 5.41 Å². The minimum absolute atomic E-state index is 0.431. The van der Waals surface area contributed by atoms with Gasteiger partial charge >= 0.3 is 0 Å². The Morgan fingerprint density at radius 3 is 2.29 bits per heavy atom. The summed E-state index contributed by atoms with van der Waals surface area (Å²) in [7, 11) is 3.57. The Morgan fingerprint density at radius 1 is 1.10 bits per heavy atom. The molecule has 0 aromatic heterocycles. The van der Waals surface area contributed by atoms with E-state index >= 15 is 0 Å². The molecule has 1 aliphatic carbocycles. The van der Waals surface area contributed by atoms with Crippen LogP contribution in [0.3, 0.4) is 0 Å². The maximum Gasteiger partial charge on any atom is 0.0615 e. The van der Waals surface area contributed by atoms with Crippen LogP contribution in [0.1, 0.15) is 46.5 Å². The molecule has 4 nitrogen and oxygen atoms in total. The van der Waals surface area contributed by atoms with E-state index in [9.17, 15) is 0 Å². The van der Waals surface area contributed by atoms with Crippen LogP contribution < -0.4 is 5.32 Å². The fraction of sp³-hybridized carbons (Fsp3) is 1.00. The molecule has 1 atom stereocenters. The molecule has 1 N–H and O–H groups in total. The quantitative estimate of drug-likeness (QED) is 0.636. The number of nitrogens with one attached hydrogen (secondary N) is 1. The van der Waals surface area contributed by atoms with Crippen molar-refractivity contribution in [2.75, 3.05) is 47.1 Å². The molecule has 1 unspecified atom stereocenters.